The van der Waals surface area contributed by atoms with Crippen LogP contribution in [0.4, 0.5) is 111 Å². The van der Waals surface area contributed by atoms with Crippen molar-refractivity contribution >= 4 is 5.69 Å². The number of hydrogen-bond acceptors (Lipinski definition) is 2. The van der Waals surface area contributed by atoms with Crippen molar-refractivity contribution in [1.29, 1.82) is 0 Å². The van der Waals surface area contributed by atoms with Crippen molar-refractivity contribution in [3.8, 4) is 22.6 Å². The van der Waals surface area contributed by atoms with Gasteiger partial charge in [0.15, 0.2) is 5.69 Å². The Bertz CT molecular complexity index is 4830. The highest BCUT2D eigenvalue weighted by Gasteiger charge is 2.37. The molecule has 0 atom stereocenters. The Balaban J connectivity index is 0.000000466. The summed E-state index contributed by atoms with van der Waals surface area (Å²) in [5.74, 6) is -3.30. The smallest absolute Gasteiger partial charge is 0.406 e. The lowest BCUT2D eigenvalue weighted by molar-refractivity contribution is -0.275. The van der Waals surface area contributed by atoms with Crippen LogP contribution in [0.5, 0.6) is 11.5 Å². The number of alkyl halides is 18. The molecule has 0 aromatic heterocycles. The Morgan fingerprint density at radius 1 is 0.270 bits per heavy atom. The molecule has 0 amide bonds. The highest BCUT2D eigenvalue weighted by Crippen LogP contribution is 2.40. The van der Waals surface area contributed by atoms with Crippen molar-refractivity contribution in [2.75, 3.05) is 0 Å². The van der Waals surface area contributed by atoms with Gasteiger partial charge >= 0.3 is 37.4 Å². The summed E-state index contributed by atoms with van der Waals surface area (Å²) in [7, 11) is 0. The molecular formula is C95H101F24NO2. The molecule has 10 aromatic rings. The minimum atomic E-state index is -4.62. The van der Waals surface area contributed by atoms with Crippen LogP contribution in [0.3, 0.4) is 0 Å². The number of benzene rings is 10. The van der Waals surface area contributed by atoms with Crippen LogP contribution in [-0.2, 0) is 24.7 Å². The standard InChI is InChI=1S/C15H16.C11H10F3N.C11H13F3O.2C10H10F4.C10H11F3O.C10H11F3.2C9H10F2/c1-12(2)14-10-6-7-11-15(14)13-8-4-3-5-9-13;1-7(2)8-4-9(11(12,13)14)6-10(5-8)15-3;1-7(2)9-4-8(3)5-10(6-9)15-11(12,13)14;1-6(2)7-3-8(10(12,13)14)5-9(11)4-7;1-6(2)8-4-3-7(11)5-9(8)10(12,13)14;1-7(2)8-4-3-5-9(6-8)14-10(11,12)13;1-7(2)8-5-3-4-6-9(8)10(11,12)13;1-6(2)7-3-8(10)5-9(11)4-7;1-6(2)8-4-3-7(10)5-9(8)11/h3-12H,1-2H3;4-7H,1-2H3;4-7H,1-3H3;2*3-6H,1-2H3;3-7H,1-2H3;3-7H,1-2H3;2*3-6H,1-2H3. The molecule has 0 aliphatic heterocycles. The molecule has 27 heteroatoms. The van der Waals surface area contributed by atoms with Gasteiger partial charge in [0.2, 0.25) is 0 Å². The molecular weight excluding hydrogens is 1640 g/mol. The molecule has 3 nitrogen and oxygen atoms in total. The number of ether oxygens (including phenoxy) is 2. The second kappa shape index (κ2) is 48.5. The van der Waals surface area contributed by atoms with E-state index in [-0.39, 0.29) is 70.1 Å². The molecule has 10 aromatic carbocycles. The van der Waals surface area contributed by atoms with Gasteiger partial charge in [-0.1, -0.05) is 239 Å². The van der Waals surface area contributed by atoms with Crippen molar-refractivity contribution in [3.05, 3.63) is 337 Å². The highest BCUT2D eigenvalue weighted by molar-refractivity contribution is 5.68. The largest absolute Gasteiger partial charge is 0.573 e. The molecule has 666 valence electrons. The topological polar surface area (TPSA) is 22.8 Å². The van der Waals surface area contributed by atoms with E-state index in [9.17, 15) is 105 Å². The van der Waals surface area contributed by atoms with Crippen LogP contribution in [0.25, 0.3) is 16.0 Å². The van der Waals surface area contributed by atoms with Crippen molar-refractivity contribution in [2.45, 2.75) is 222 Å². The van der Waals surface area contributed by atoms with Crippen LogP contribution in [0.15, 0.2) is 212 Å². The fourth-order valence-corrected chi connectivity index (χ4v) is 11.0. The van der Waals surface area contributed by atoms with E-state index in [1.54, 1.807) is 80.5 Å². The van der Waals surface area contributed by atoms with Crippen LogP contribution in [0.2, 0.25) is 0 Å². The quantitative estimate of drug-likeness (QED) is 0.0899. The van der Waals surface area contributed by atoms with Gasteiger partial charge in [-0.15, -0.1) is 26.3 Å². The predicted octanol–water partition coefficient (Wildman–Crippen LogP) is 34.5. The van der Waals surface area contributed by atoms with E-state index in [0.717, 1.165) is 65.2 Å². The van der Waals surface area contributed by atoms with E-state index >= 15 is 0 Å². The van der Waals surface area contributed by atoms with E-state index < -0.39 is 94.6 Å². The van der Waals surface area contributed by atoms with Gasteiger partial charge in [-0.2, -0.15) is 52.7 Å². The third kappa shape index (κ3) is 40.1. The van der Waals surface area contributed by atoms with Crippen molar-refractivity contribution in [1.82, 2.24) is 0 Å². The summed E-state index contributed by atoms with van der Waals surface area (Å²) in [6, 6.07) is 51.7. The minimum absolute atomic E-state index is 0.0206. The SMILES string of the molecule is CC(C)c1cc(F)cc(C(F)(F)F)c1.CC(C)c1cc(F)cc(F)c1.CC(C)c1ccc(F)cc1C(F)(F)F.CC(C)c1ccc(F)cc1F.CC(C)c1cccc(OC(F)(F)F)c1.CC(C)c1ccccc1-c1ccccc1.CC(C)c1ccccc1C(F)(F)F.Cc1cc(OC(F)(F)F)cc(C(C)C)c1.[C-]#[N+]c1cc(C(C)C)cc(C(F)(F)F)c1. The fourth-order valence-electron chi connectivity index (χ4n) is 11.0. The monoisotopic (exact) mass is 1740 g/mol. The molecule has 0 saturated heterocycles. The maximum Gasteiger partial charge on any atom is 0.573 e. The Hall–Kier alpha value is -10.4. The number of rotatable bonds is 12. The van der Waals surface area contributed by atoms with E-state index in [4.69, 9.17) is 6.57 Å². The molecule has 0 bridgehead atoms. The normalized spacial score (nSPS) is 11.6. The summed E-state index contributed by atoms with van der Waals surface area (Å²) in [5, 5.41) is 0. The summed E-state index contributed by atoms with van der Waals surface area (Å²) < 4.78 is 304. The van der Waals surface area contributed by atoms with Crippen molar-refractivity contribution in [2.24, 2.45) is 0 Å². The highest BCUT2D eigenvalue weighted by atomic mass is 19.4. The number of hydrogen-bond donors (Lipinski definition) is 0. The number of aryl methyl sites for hydroxylation is 1. The average Bonchev–Trinajstić information content (AvgIpc) is 0.776. The third-order valence-corrected chi connectivity index (χ3v) is 17.3. The van der Waals surface area contributed by atoms with Crippen LogP contribution in [0.1, 0.15) is 256 Å². The zero-order chi connectivity index (χ0) is 93.5. The molecule has 0 N–H and O–H groups in total. The van der Waals surface area contributed by atoms with Crippen LogP contribution in [-0.4, -0.2) is 12.7 Å². The number of halogens is 24. The van der Waals surface area contributed by atoms with Gasteiger partial charge in [0.05, 0.1) is 23.3 Å². The van der Waals surface area contributed by atoms with E-state index in [1.807, 2.05) is 61.5 Å². The van der Waals surface area contributed by atoms with Gasteiger partial charge in [0.25, 0.3) is 0 Å². The zero-order valence-electron chi connectivity index (χ0n) is 70.7. The Labute approximate surface area is 699 Å². The molecule has 10 rings (SSSR count). The second-order valence-electron chi connectivity index (χ2n) is 30.5. The van der Waals surface area contributed by atoms with E-state index in [1.165, 1.54) is 89.5 Å². The van der Waals surface area contributed by atoms with Crippen molar-refractivity contribution in [3.63, 3.8) is 0 Å². The van der Waals surface area contributed by atoms with Gasteiger partial charge in [0.1, 0.15) is 46.4 Å². The van der Waals surface area contributed by atoms with Gasteiger partial charge < -0.3 is 9.47 Å². The molecule has 0 aliphatic carbocycles. The summed E-state index contributed by atoms with van der Waals surface area (Å²) in [6.45, 7) is 42.0. The summed E-state index contributed by atoms with van der Waals surface area (Å²) in [4.78, 5) is 3.04. The summed E-state index contributed by atoms with van der Waals surface area (Å²) in [6.07, 6.45) is -26.8. The van der Waals surface area contributed by atoms with Gasteiger partial charge in [0, 0.05) is 17.7 Å². The second-order valence-corrected chi connectivity index (χ2v) is 30.5. The summed E-state index contributed by atoms with van der Waals surface area (Å²) in [5.41, 5.74) is 6.10. The molecule has 0 spiro atoms. The van der Waals surface area contributed by atoms with E-state index in [0.29, 0.717) is 45.9 Å². The van der Waals surface area contributed by atoms with Gasteiger partial charge in [-0.05, 0) is 212 Å². The first-order valence-electron chi connectivity index (χ1n) is 38.3. The number of nitrogens with zero attached hydrogens (tertiary/aromatic N) is 1. The third-order valence-electron chi connectivity index (χ3n) is 17.3. The van der Waals surface area contributed by atoms with Gasteiger partial charge in [-0.3, -0.25) is 0 Å². The lowest BCUT2D eigenvalue weighted by atomic mass is 9.93. The lowest BCUT2D eigenvalue weighted by Crippen LogP contribution is -2.17. The van der Waals surface area contributed by atoms with E-state index in [2.05, 4.69) is 82.8 Å². The summed E-state index contributed by atoms with van der Waals surface area (Å²) >= 11 is 0. The van der Waals surface area contributed by atoms with Crippen LogP contribution >= 0.6 is 0 Å². The lowest BCUT2D eigenvalue weighted by Gasteiger charge is -2.15. The first kappa shape index (κ1) is 108. The van der Waals surface area contributed by atoms with Crippen LogP contribution in [0, 0.1) is 48.4 Å². The Kier molecular flexibility index (Phi) is 42.8. The van der Waals surface area contributed by atoms with Gasteiger partial charge in [-0.25, -0.2) is 31.2 Å². The first-order chi connectivity index (χ1) is 56.0. The maximum absolute atomic E-state index is 12.9. The fraction of sp³-hybridized carbons (Fsp3) is 0.358. The first-order valence-corrected chi connectivity index (χ1v) is 38.3. The molecule has 0 radical (unpaired) electrons. The molecule has 0 aliphatic rings. The Morgan fingerprint density at radius 2 is 0.648 bits per heavy atom. The predicted molar refractivity (Wildman–Crippen MR) is 434 cm³/mol. The molecule has 0 unspecified atom stereocenters. The molecule has 0 heterocycles. The molecule has 122 heavy (non-hydrogen) atoms. The van der Waals surface area contributed by atoms with Crippen molar-refractivity contribution < 1.29 is 115 Å². The maximum atomic E-state index is 12.9. The van der Waals surface area contributed by atoms with Crippen LogP contribution < -0.4 is 9.47 Å². The minimum Gasteiger partial charge on any atom is -0.406 e. The Morgan fingerprint density at radius 3 is 1.07 bits per heavy atom. The zero-order valence-corrected chi connectivity index (χ0v) is 70.7. The molecule has 0 fully saturated rings. The average molecular weight is 1740 g/mol. The molecule has 0 saturated carbocycles.